The number of benzene rings is 2. The van der Waals surface area contributed by atoms with Gasteiger partial charge in [-0.2, -0.15) is 0 Å². The van der Waals surface area contributed by atoms with Crippen LogP contribution in [0.15, 0.2) is 51.9 Å². The van der Waals surface area contributed by atoms with E-state index in [1.807, 2.05) is 0 Å². The molecule has 0 unspecified atom stereocenters. The molecule has 27 heavy (non-hydrogen) atoms. The van der Waals surface area contributed by atoms with E-state index < -0.39 is 23.2 Å². The lowest BCUT2D eigenvalue weighted by atomic mass is 10.2. The number of rotatable bonds is 4. The molecule has 0 saturated carbocycles. The highest BCUT2D eigenvalue weighted by Gasteiger charge is 2.18. The fraction of sp³-hybridized carbons (Fsp3) is 0.105. The first kappa shape index (κ1) is 18.1. The summed E-state index contributed by atoms with van der Waals surface area (Å²) in [5.74, 6) is -1.75. The fourth-order valence-corrected chi connectivity index (χ4v) is 2.33. The molecule has 3 rings (SSSR count). The average molecular weight is 372 g/mol. The Bertz CT molecular complexity index is 1080. The molecule has 0 aliphatic rings. The minimum absolute atomic E-state index is 0.0479. The Morgan fingerprint density at radius 2 is 1.56 bits per heavy atom. The van der Waals surface area contributed by atoms with Gasteiger partial charge in [-0.1, -0.05) is 0 Å². The summed E-state index contributed by atoms with van der Waals surface area (Å²) in [5.41, 5.74) is -0.636. The van der Waals surface area contributed by atoms with E-state index in [2.05, 4.69) is 0 Å². The van der Waals surface area contributed by atoms with Gasteiger partial charge in [0.2, 0.25) is 11.2 Å². The molecule has 7 nitrogen and oxygen atoms in total. The van der Waals surface area contributed by atoms with Crippen LogP contribution in [0.4, 0.5) is 4.39 Å². The van der Waals surface area contributed by atoms with Gasteiger partial charge in [0.05, 0.1) is 0 Å². The molecule has 8 heteroatoms. The fourth-order valence-electron chi connectivity index (χ4n) is 2.33. The molecule has 0 radical (unpaired) electrons. The molecule has 0 bridgehead atoms. The van der Waals surface area contributed by atoms with E-state index in [4.69, 9.17) is 18.6 Å². The number of fused-ring (bicyclic) bond motifs is 1. The van der Waals surface area contributed by atoms with Crippen molar-refractivity contribution < 1.29 is 32.6 Å². The van der Waals surface area contributed by atoms with Crippen molar-refractivity contribution >= 4 is 22.9 Å². The molecule has 138 valence electrons. The van der Waals surface area contributed by atoms with Crippen molar-refractivity contribution in [1.29, 1.82) is 0 Å². The van der Waals surface area contributed by atoms with Crippen molar-refractivity contribution in [2.45, 2.75) is 13.8 Å². The van der Waals surface area contributed by atoms with Crippen LogP contribution in [-0.4, -0.2) is 11.9 Å². The van der Waals surface area contributed by atoms with E-state index in [0.717, 1.165) is 20.1 Å². The largest absolute Gasteiger partial charge is 0.460 e. The van der Waals surface area contributed by atoms with Crippen LogP contribution < -0.4 is 19.6 Å². The predicted molar refractivity (Wildman–Crippen MR) is 91.6 cm³/mol. The molecular weight excluding hydrogens is 359 g/mol. The summed E-state index contributed by atoms with van der Waals surface area (Å²) in [6, 6.07) is 7.95. The van der Waals surface area contributed by atoms with Crippen molar-refractivity contribution in [2.24, 2.45) is 0 Å². The highest BCUT2D eigenvalue weighted by molar-refractivity contribution is 5.88. The van der Waals surface area contributed by atoms with E-state index >= 15 is 0 Å². The zero-order valence-electron chi connectivity index (χ0n) is 14.3. The van der Waals surface area contributed by atoms with Gasteiger partial charge < -0.3 is 18.6 Å². The van der Waals surface area contributed by atoms with Gasteiger partial charge in [-0.25, -0.2) is 4.39 Å². The predicted octanol–water partition coefficient (Wildman–Crippen LogP) is 3.58. The minimum Gasteiger partial charge on any atom is -0.460 e. The first-order valence-electron chi connectivity index (χ1n) is 7.73. The van der Waals surface area contributed by atoms with E-state index in [1.165, 1.54) is 36.4 Å². The Morgan fingerprint density at radius 1 is 0.926 bits per heavy atom. The van der Waals surface area contributed by atoms with Crippen LogP contribution in [0.1, 0.15) is 13.8 Å². The lowest BCUT2D eigenvalue weighted by Crippen LogP contribution is -2.13. The number of hydrogen-bond donors (Lipinski definition) is 0. The number of carbonyl (C=O) groups excluding carboxylic acids is 2. The molecule has 1 heterocycles. The van der Waals surface area contributed by atoms with Gasteiger partial charge in [0.1, 0.15) is 40.3 Å². The zero-order valence-corrected chi connectivity index (χ0v) is 14.3. The van der Waals surface area contributed by atoms with Crippen LogP contribution in [0.5, 0.6) is 23.0 Å². The normalized spacial score (nSPS) is 10.5. The molecule has 0 fully saturated rings. The lowest BCUT2D eigenvalue weighted by molar-refractivity contribution is -0.133. The summed E-state index contributed by atoms with van der Waals surface area (Å²) in [5, 5.41) is -0.0876. The van der Waals surface area contributed by atoms with Gasteiger partial charge in [-0.15, -0.1) is 0 Å². The van der Waals surface area contributed by atoms with Crippen LogP contribution >= 0.6 is 0 Å². The van der Waals surface area contributed by atoms with Gasteiger partial charge in [0, 0.05) is 26.0 Å². The van der Waals surface area contributed by atoms with Crippen molar-refractivity contribution in [3.05, 3.63) is 58.7 Å². The highest BCUT2D eigenvalue weighted by atomic mass is 19.1. The lowest BCUT2D eigenvalue weighted by Gasteiger charge is -2.11. The number of halogens is 1. The second kappa shape index (κ2) is 7.28. The molecule has 0 N–H and O–H groups in total. The first-order valence-corrected chi connectivity index (χ1v) is 7.73. The Balaban J connectivity index is 2.12. The van der Waals surface area contributed by atoms with Gasteiger partial charge in [0.15, 0.2) is 0 Å². The van der Waals surface area contributed by atoms with Crippen molar-refractivity contribution in [3.63, 3.8) is 0 Å². The maximum atomic E-state index is 13.0. The molecule has 0 atom stereocenters. The van der Waals surface area contributed by atoms with Crippen LogP contribution in [0, 0.1) is 5.82 Å². The SMILES string of the molecule is CC(=O)Oc1coc2cc(Oc3ccc(F)cc3)cc(OC(C)=O)c2c1=O. The van der Waals surface area contributed by atoms with Crippen LogP contribution in [0.2, 0.25) is 0 Å². The van der Waals surface area contributed by atoms with Gasteiger partial charge in [-0.3, -0.25) is 14.4 Å². The van der Waals surface area contributed by atoms with Gasteiger partial charge in [-0.05, 0) is 24.3 Å². The standard InChI is InChI=1S/C19H13FO7/c1-10(21)25-16-8-14(27-13-5-3-12(20)4-6-13)7-15-18(16)19(23)17(9-24-15)26-11(2)22/h3-9H,1-2H3. The second-order valence-corrected chi connectivity index (χ2v) is 5.47. The first-order chi connectivity index (χ1) is 12.8. The summed E-state index contributed by atoms with van der Waals surface area (Å²) in [4.78, 5) is 35.1. The summed E-state index contributed by atoms with van der Waals surface area (Å²) in [6.07, 6.45) is 0.977. The van der Waals surface area contributed by atoms with Crippen molar-refractivity contribution in [2.75, 3.05) is 0 Å². The monoisotopic (exact) mass is 372 g/mol. The summed E-state index contributed by atoms with van der Waals surface area (Å²) < 4.78 is 33.8. The third-order valence-corrected chi connectivity index (χ3v) is 3.34. The van der Waals surface area contributed by atoms with Crippen molar-refractivity contribution in [1.82, 2.24) is 0 Å². The second-order valence-electron chi connectivity index (χ2n) is 5.47. The van der Waals surface area contributed by atoms with Crippen LogP contribution in [0.3, 0.4) is 0 Å². The molecule has 0 amide bonds. The maximum Gasteiger partial charge on any atom is 0.308 e. The quantitative estimate of drug-likeness (QED) is 0.510. The molecule has 0 spiro atoms. The molecule has 0 aliphatic heterocycles. The third-order valence-electron chi connectivity index (χ3n) is 3.34. The minimum atomic E-state index is -0.702. The Kier molecular flexibility index (Phi) is 4.89. The summed E-state index contributed by atoms with van der Waals surface area (Å²) >= 11 is 0. The Hall–Kier alpha value is -3.68. The molecule has 1 aromatic heterocycles. The molecular formula is C19H13FO7. The van der Waals surface area contributed by atoms with E-state index in [-0.39, 0.29) is 28.2 Å². The van der Waals surface area contributed by atoms with Gasteiger partial charge in [0.25, 0.3) is 0 Å². The number of ether oxygens (including phenoxy) is 3. The Labute approximate surface area is 151 Å². The molecule has 3 aromatic rings. The van der Waals surface area contributed by atoms with Crippen LogP contribution in [-0.2, 0) is 9.59 Å². The maximum absolute atomic E-state index is 13.0. The molecule has 0 saturated heterocycles. The molecule has 0 aliphatic carbocycles. The van der Waals surface area contributed by atoms with E-state index in [9.17, 15) is 18.8 Å². The average Bonchev–Trinajstić information content (AvgIpc) is 2.58. The zero-order chi connectivity index (χ0) is 19.6. The summed E-state index contributed by atoms with van der Waals surface area (Å²) in [6.45, 7) is 2.30. The summed E-state index contributed by atoms with van der Waals surface area (Å²) in [7, 11) is 0. The highest BCUT2D eigenvalue weighted by Crippen LogP contribution is 2.33. The smallest absolute Gasteiger partial charge is 0.308 e. The number of carbonyl (C=O) groups is 2. The van der Waals surface area contributed by atoms with E-state index in [1.54, 1.807) is 0 Å². The topological polar surface area (TPSA) is 92.0 Å². The number of esters is 2. The van der Waals surface area contributed by atoms with Crippen LogP contribution in [0.25, 0.3) is 11.0 Å². The van der Waals surface area contributed by atoms with E-state index in [0.29, 0.717) is 5.75 Å². The Morgan fingerprint density at radius 3 is 2.19 bits per heavy atom. The molecule has 2 aromatic carbocycles. The van der Waals surface area contributed by atoms with Gasteiger partial charge >= 0.3 is 11.9 Å². The van der Waals surface area contributed by atoms with Crippen molar-refractivity contribution in [3.8, 4) is 23.0 Å². The third kappa shape index (κ3) is 4.12. The number of hydrogen-bond acceptors (Lipinski definition) is 7.